The van der Waals surface area contributed by atoms with Gasteiger partial charge in [-0.3, -0.25) is 0 Å². The fraction of sp³-hybridized carbons (Fsp3) is 0.417. The van der Waals surface area contributed by atoms with Crippen LogP contribution >= 0.6 is 0 Å². The van der Waals surface area contributed by atoms with E-state index in [1.54, 1.807) is 74.5 Å². The molecule has 2 N–H and O–H groups in total. The molecule has 8 heteroatoms. The minimum atomic E-state index is -1.26. The molecule has 0 saturated heterocycles. The van der Waals surface area contributed by atoms with Gasteiger partial charge in [0.2, 0.25) is 0 Å². The van der Waals surface area contributed by atoms with E-state index in [-0.39, 0.29) is 26.4 Å². The first-order valence-electron chi connectivity index (χ1n) is 10.3. The van der Waals surface area contributed by atoms with Gasteiger partial charge in [0, 0.05) is 0 Å². The maximum absolute atomic E-state index is 12.4. The predicted molar refractivity (Wildman–Crippen MR) is 116 cm³/mol. The Hall–Kier alpha value is -2.78. The Morgan fingerprint density at radius 3 is 2.03 bits per heavy atom. The first-order valence-corrected chi connectivity index (χ1v) is 10.3. The van der Waals surface area contributed by atoms with E-state index in [0.717, 1.165) is 0 Å². The third-order valence-corrected chi connectivity index (χ3v) is 4.72. The van der Waals surface area contributed by atoms with Crippen molar-refractivity contribution >= 4 is 11.9 Å². The zero-order chi connectivity index (χ0) is 23.4. The highest BCUT2D eigenvalue weighted by molar-refractivity contribution is 5.89. The lowest BCUT2D eigenvalue weighted by Crippen LogP contribution is -2.51. The van der Waals surface area contributed by atoms with Crippen LogP contribution < -0.4 is 0 Å². The summed E-state index contributed by atoms with van der Waals surface area (Å²) in [5, 5.41) is 18.9. The smallest absolute Gasteiger partial charge is 0.338 e. The molecule has 32 heavy (non-hydrogen) atoms. The molecule has 2 aromatic carbocycles. The van der Waals surface area contributed by atoms with E-state index in [2.05, 4.69) is 0 Å². The summed E-state index contributed by atoms with van der Waals surface area (Å²) in [6.45, 7) is 2.32. The van der Waals surface area contributed by atoms with Crippen molar-refractivity contribution in [2.75, 3.05) is 33.0 Å². The summed E-state index contributed by atoms with van der Waals surface area (Å²) >= 11 is 0. The summed E-state index contributed by atoms with van der Waals surface area (Å²) in [6, 6.07) is 17.0. The van der Waals surface area contributed by atoms with E-state index < -0.39 is 36.4 Å². The van der Waals surface area contributed by atoms with Gasteiger partial charge in [0.1, 0.15) is 24.4 Å². The van der Waals surface area contributed by atoms with Crippen LogP contribution in [0.4, 0.5) is 0 Å². The van der Waals surface area contributed by atoms with Crippen LogP contribution in [0.15, 0.2) is 60.7 Å². The number of benzene rings is 2. The van der Waals surface area contributed by atoms with Crippen molar-refractivity contribution in [1.82, 2.24) is 0 Å². The Balaban J connectivity index is 2.02. The number of aliphatic hydroxyl groups is 2. The number of hydrogen-bond acceptors (Lipinski definition) is 8. The van der Waals surface area contributed by atoms with Gasteiger partial charge >= 0.3 is 11.9 Å². The second kappa shape index (κ2) is 12.9. The summed E-state index contributed by atoms with van der Waals surface area (Å²) in [5.41, 5.74) is -0.475. The van der Waals surface area contributed by atoms with Gasteiger partial charge in [-0.15, -0.1) is 0 Å². The molecule has 0 aromatic heterocycles. The first-order chi connectivity index (χ1) is 15.4. The van der Waals surface area contributed by atoms with Crippen LogP contribution in [0.2, 0.25) is 0 Å². The van der Waals surface area contributed by atoms with E-state index in [0.29, 0.717) is 11.1 Å². The minimum absolute atomic E-state index is 0.0308. The molecule has 0 fully saturated rings. The molecule has 0 spiro atoms. The second-order valence-electron chi connectivity index (χ2n) is 7.41. The number of rotatable bonds is 13. The molecular formula is C24H30O8. The van der Waals surface area contributed by atoms with Gasteiger partial charge in [0.05, 0.1) is 37.6 Å². The fourth-order valence-electron chi connectivity index (χ4n) is 2.88. The van der Waals surface area contributed by atoms with Crippen LogP contribution in [0.1, 0.15) is 34.6 Å². The van der Waals surface area contributed by atoms with Gasteiger partial charge in [-0.05, 0) is 38.1 Å². The zero-order valence-electron chi connectivity index (χ0n) is 18.3. The summed E-state index contributed by atoms with van der Waals surface area (Å²) in [4.78, 5) is 24.6. The van der Waals surface area contributed by atoms with Crippen LogP contribution in [0.5, 0.6) is 0 Å². The lowest BCUT2D eigenvalue weighted by Gasteiger charge is -2.36. The standard InChI is InChI=1S/C24H30O8/c1-18(32-23(28)20-11-7-4-8-12-20)16-31-24(2,21(15-26)29-14-13-25)17-30-22(27)19-9-5-3-6-10-19/h3-12,18,21,25-26H,13-17H2,1-2H3. The Morgan fingerprint density at radius 1 is 0.938 bits per heavy atom. The monoisotopic (exact) mass is 446 g/mol. The van der Waals surface area contributed by atoms with Crippen molar-refractivity contribution in [1.29, 1.82) is 0 Å². The molecule has 0 saturated carbocycles. The van der Waals surface area contributed by atoms with Crippen LogP contribution in [-0.2, 0) is 18.9 Å². The van der Waals surface area contributed by atoms with Gasteiger partial charge in [-0.1, -0.05) is 36.4 Å². The average molecular weight is 446 g/mol. The number of ether oxygens (including phenoxy) is 4. The normalized spacial score (nSPS) is 14.8. The van der Waals surface area contributed by atoms with E-state index >= 15 is 0 Å². The lowest BCUT2D eigenvalue weighted by atomic mass is 10.00. The Labute approximate surface area is 187 Å². The molecule has 0 amide bonds. The molecule has 8 nitrogen and oxygen atoms in total. The number of carbonyl (C=O) groups is 2. The first kappa shape index (κ1) is 25.5. The number of esters is 2. The Kier molecular flexibility index (Phi) is 10.3. The van der Waals surface area contributed by atoms with Crippen molar-refractivity contribution in [3.05, 3.63) is 71.8 Å². The number of hydrogen-bond donors (Lipinski definition) is 2. The topological polar surface area (TPSA) is 112 Å². The molecule has 174 valence electrons. The highest BCUT2D eigenvalue weighted by atomic mass is 16.6. The van der Waals surface area contributed by atoms with Gasteiger partial charge < -0.3 is 29.2 Å². The van der Waals surface area contributed by atoms with Crippen molar-refractivity contribution in [2.24, 2.45) is 0 Å². The molecule has 0 aliphatic rings. The quantitative estimate of drug-likeness (QED) is 0.451. The van der Waals surface area contributed by atoms with E-state index in [1.165, 1.54) is 0 Å². The number of aliphatic hydroxyl groups excluding tert-OH is 2. The van der Waals surface area contributed by atoms with E-state index in [9.17, 15) is 14.7 Å². The minimum Gasteiger partial charge on any atom is -0.459 e. The molecule has 0 heterocycles. The average Bonchev–Trinajstić information content (AvgIpc) is 2.83. The maximum Gasteiger partial charge on any atom is 0.338 e. The SMILES string of the molecule is CC(COC(C)(COC(=O)c1ccccc1)C(CO)OCCO)OC(=O)c1ccccc1. The van der Waals surface area contributed by atoms with Gasteiger partial charge in [-0.25, -0.2) is 9.59 Å². The summed E-state index contributed by atoms with van der Waals surface area (Å²) in [7, 11) is 0. The highest BCUT2D eigenvalue weighted by Crippen LogP contribution is 2.22. The Bertz CT molecular complexity index is 826. The second-order valence-corrected chi connectivity index (χ2v) is 7.41. The third kappa shape index (κ3) is 7.72. The van der Waals surface area contributed by atoms with E-state index in [4.69, 9.17) is 24.1 Å². The van der Waals surface area contributed by atoms with Crippen LogP contribution in [-0.4, -0.2) is 73.0 Å². The summed E-state index contributed by atoms with van der Waals surface area (Å²) in [5.74, 6) is -1.04. The lowest BCUT2D eigenvalue weighted by molar-refractivity contribution is -0.181. The van der Waals surface area contributed by atoms with Gasteiger partial charge in [-0.2, -0.15) is 0 Å². The molecule has 3 atom stereocenters. The fourth-order valence-corrected chi connectivity index (χ4v) is 2.88. The highest BCUT2D eigenvalue weighted by Gasteiger charge is 2.38. The molecule has 0 radical (unpaired) electrons. The van der Waals surface area contributed by atoms with Crippen molar-refractivity contribution in [3.8, 4) is 0 Å². The molecular weight excluding hydrogens is 416 g/mol. The number of carbonyl (C=O) groups excluding carboxylic acids is 2. The zero-order valence-corrected chi connectivity index (χ0v) is 18.3. The molecule has 2 aromatic rings. The summed E-state index contributed by atoms with van der Waals surface area (Å²) < 4.78 is 22.3. The van der Waals surface area contributed by atoms with Crippen molar-refractivity contribution in [3.63, 3.8) is 0 Å². The van der Waals surface area contributed by atoms with Crippen molar-refractivity contribution < 1.29 is 38.7 Å². The molecule has 0 bridgehead atoms. The largest absolute Gasteiger partial charge is 0.459 e. The van der Waals surface area contributed by atoms with Gasteiger partial charge in [0.15, 0.2) is 0 Å². The molecule has 2 rings (SSSR count). The molecule has 0 aliphatic carbocycles. The third-order valence-electron chi connectivity index (χ3n) is 4.72. The van der Waals surface area contributed by atoms with Crippen molar-refractivity contribution in [2.45, 2.75) is 31.7 Å². The summed E-state index contributed by atoms with van der Waals surface area (Å²) in [6.07, 6.45) is -1.51. The van der Waals surface area contributed by atoms with E-state index in [1.807, 2.05) is 0 Å². The van der Waals surface area contributed by atoms with Gasteiger partial charge in [0.25, 0.3) is 0 Å². The molecule has 3 unspecified atom stereocenters. The Morgan fingerprint density at radius 2 is 1.50 bits per heavy atom. The van der Waals surface area contributed by atoms with Crippen LogP contribution in [0, 0.1) is 0 Å². The predicted octanol–water partition coefficient (Wildman–Crippen LogP) is 2.23. The molecule has 0 aliphatic heterocycles. The van der Waals surface area contributed by atoms with Crippen LogP contribution in [0.25, 0.3) is 0 Å². The maximum atomic E-state index is 12.4. The van der Waals surface area contributed by atoms with Crippen LogP contribution in [0.3, 0.4) is 0 Å².